The number of rotatable bonds is 10. The topological polar surface area (TPSA) is 82.1 Å². The van der Waals surface area contributed by atoms with Gasteiger partial charge < -0.3 is 14.1 Å². The van der Waals surface area contributed by atoms with Crippen molar-refractivity contribution in [3.8, 4) is 0 Å². The van der Waals surface area contributed by atoms with Gasteiger partial charge in [0.05, 0.1) is 20.7 Å². The second-order valence-electron chi connectivity index (χ2n) is 5.02. The zero-order valence-corrected chi connectivity index (χ0v) is 13.5. The molecular weight excluding hydrogens is 285 g/mol. The minimum absolute atomic E-state index is 0.0786. The predicted octanol–water partition coefficient (Wildman–Crippen LogP) is 1.34. The van der Waals surface area contributed by atoms with Gasteiger partial charge in [0.15, 0.2) is 0 Å². The molecule has 1 unspecified atom stereocenters. The Hall–Kier alpha value is -0.720. The van der Waals surface area contributed by atoms with Crippen molar-refractivity contribution in [1.82, 2.24) is 0 Å². The smallest absolute Gasteiger partial charge is 0.456 e. The third-order valence-corrected chi connectivity index (χ3v) is 3.61. The van der Waals surface area contributed by atoms with Crippen LogP contribution in [0, 0.1) is 0 Å². The van der Waals surface area contributed by atoms with Gasteiger partial charge >= 0.3 is 13.8 Å². The molecule has 0 amide bonds. The molecule has 0 rings (SSSR count). The van der Waals surface area contributed by atoms with Crippen molar-refractivity contribution in [1.29, 1.82) is 0 Å². The Morgan fingerprint density at radius 1 is 1.25 bits per heavy atom. The maximum Gasteiger partial charge on any atom is 0.472 e. The summed E-state index contributed by atoms with van der Waals surface area (Å²) in [4.78, 5) is 20.5. The number of hydrogen-bond donors (Lipinski definition) is 1. The number of carbonyl (C=O) groups excluding carboxylic acids is 1. The Labute approximate surface area is 120 Å². The maximum absolute atomic E-state index is 11.3. The first-order valence-corrected chi connectivity index (χ1v) is 7.85. The number of esters is 1. The van der Waals surface area contributed by atoms with Gasteiger partial charge in [-0.2, -0.15) is 0 Å². The van der Waals surface area contributed by atoms with Crippen molar-refractivity contribution < 1.29 is 32.5 Å². The molecule has 0 aliphatic rings. The lowest BCUT2D eigenvalue weighted by Crippen LogP contribution is -2.44. The molecule has 20 heavy (non-hydrogen) atoms. The van der Waals surface area contributed by atoms with Gasteiger partial charge in [0.25, 0.3) is 0 Å². The zero-order valence-electron chi connectivity index (χ0n) is 12.6. The van der Waals surface area contributed by atoms with Crippen molar-refractivity contribution in [3.05, 3.63) is 12.2 Å². The van der Waals surface area contributed by atoms with E-state index in [4.69, 9.17) is 9.26 Å². The fourth-order valence-electron chi connectivity index (χ4n) is 1.22. The number of hydrogen-bond acceptors (Lipinski definition) is 5. The van der Waals surface area contributed by atoms with E-state index in [2.05, 4.69) is 11.1 Å². The monoisotopic (exact) mass is 310 g/mol. The fourth-order valence-corrected chi connectivity index (χ4v) is 1.94. The van der Waals surface area contributed by atoms with Crippen LogP contribution in [0.4, 0.5) is 0 Å². The van der Waals surface area contributed by atoms with E-state index in [1.165, 1.54) is 0 Å². The first-order valence-electron chi connectivity index (χ1n) is 6.36. The Morgan fingerprint density at radius 2 is 1.80 bits per heavy atom. The molecule has 1 atom stereocenters. The number of ether oxygens (including phenoxy) is 1. The summed E-state index contributed by atoms with van der Waals surface area (Å²) in [5, 5.41) is 0. The summed E-state index contributed by atoms with van der Waals surface area (Å²) in [5.74, 6) is -0.419. The first kappa shape index (κ1) is 19.3. The molecule has 0 aromatic carbocycles. The summed E-state index contributed by atoms with van der Waals surface area (Å²) >= 11 is 0. The molecule has 0 spiro atoms. The first-order chi connectivity index (χ1) is 9.09. The molecule has 0 aliphatic heterocycles. The van der Waals surface area contributed by atoms with E-state index in [0.717, 1.165) is 0 Å². The molecule has 0 bridgehead atoms. The summed E-state index contributed by atoms with van der Waals surface area (Å²) in [6.45, 7) is 8.19. The van der Waals surface area contributed by atoms with E-state index in [1.807, 2.05) is 14.1 Å². The van der Waals surface area contributed by atoms with Gasteiger partial charge in [-0.1, -0.05) is 6.58 Å². The third-order valence-electron chi connectivity index (χ3n) is 2.52. The second-order valence-corrected chi connectivity index (χ2v) is 6.47. The lowest BCUT2D eigenvalue weighted by atomic mass is 10.4. The highest BCUT2D eigenvalue weighted by Gasteiger charge is 2.23. The van der Waals surface area contributed by atoms with Gasteiger partial charge in [-0.15, -0.1) is 0 Å². The minimum atomic E-state index is -3.94. The summed E-state index contributed by atoms with van der Waals surface area (Å²) in [7, 11) is -0.133. The van der Waals surface area contributed by atoms with Crippen LogP contribution in [0.15, 0.2) is 12.2 Å². The SMILES string of the molecule is C=C(C)C(=O)OCC[N+](C)(C)CCOP(=O)(O)OCC. The quantitative estimate of drug-likeness (QED) is 0.284. The summed E-state index contributed by atoms with van der Waals surface area (Å²) < 4.78 is 26.2. The van der Waals surface area contributed by atoms with Crippen LogP contribution in [0.25, 0.3) is 0 Å². The molecule has 0 aliphatic carbocycles. The Balaban J connectivity index is 3.99. The molecule has 0 heterocycles. The molecule has 0 aromatic rings. The second kappa shape index (κ2) is 8.54. The van der Waals surface area contributed by atoms with Crippen molar-refractivity contribution in [3.63, 3.8) is 0 Å². The average Bonchev–Trinajstić information content (AvgIpc) is 2.27. The van der Waals surface area contributed by atoms with E-state index in [9.17, 15) is 14.3 Å². The summed E-state index contributed by atoms with van der Waals surface area (Å²) in [6.07, 6.45) is 0. The van der Waals surface area contributed by atoms with E-state index < -0.39 is 13.8 Å². The van der Waals surface area contributed by atoms with Gasteiger partial charge in [-0.25, -0.2) is 9.36 Å². The highest BCUT2D eigenvalue weighted by Crippen LogP contribution is 2.42. The molecule has 0 radical (unpaired) electrons. The van der Waals surface area contributed by atoms with Crippen LogP contribution in [0.5, 0.6) is 0 Å². The van der Waals surface area contributed by atoms with Crippen LogP contribution < -0.4 is 0 Å². The third kappa shape index (κ3) is 9.23. The molecule has 0 saturated carbocycles. The number of carbonyl (C=O) groups is 1. The van der Waals surface area contributed by atoms with Crippen molar-refractivity contribution in [2.75, 3.05) is 47.0 Å². The van der Waals surface area contributed by atoms with Crippen molar-refractivity contribution in [2.45, 2.75) is 13.8 Å². The van der Waals surface area contributed by atoms with Crippen LogP contribution >= 0.6 is 7.82 Å². The Morgan fingerprint density at radius 3 is 2.30 bits per heavy atom. The number of quaternary nitrogens is 1. The molecule has 0 aromatic heterocycles. The van der Waals surface area contributed by atoms with Crippen LogP contribution in [0.3, 0.4) is 0 Å². The van der Waals surface area contributed by atoms with Crippen LogP contribution in [0.1, 0.15) is 13.8 Å². The predicted molar refractivity (Wildman–Crippen MR) is 75.0 cm³/mol. The molecule has 8 heteroatoms. The molecule has 7 nitrogen and oxygen atoms in total. The van der Waals surface area contributed by atoms with Gasteiger partial charge in [0, 0.05) is 5.57 Å². The highest BCUT2D eigenvalue weighted by atomic mass is 31.2. The van der Waals surface area contributed by atoms with Gasteiger partial charge in [0.1, 0.15) is 26.3 Å². The molecular formula is C12H25NO6P+. The number of phosphoric ester groups is 1. The van der Waals surface area contributed by atoms with E-state index in [0.29, 0.717) is 23.1 Å². The Kier molecular flexibility index (Phi) is 8.23. The zero-order chi connectivity index (χ0) is 15.8. The Bertz CT molecular complexity index is 382. The number of phosphoric acid groups is 1. The number of nitrogens with zero attached hydrogens (tertiary/aromatic N) is 1. The normalized spacial score (nSPS) is 14.7. The fraction of sp³-hybridized carbons (Fsp3) is 0.750. The number of likely N-dealkylation sites (N-methyl/N-ethyl adjacent to an activating group) is 1. The molecule has 0 fully saturated rings. The lowest BCUT2D eigenvalue weighted by Gasteiger charge is -2.29. The van der Waals surface area contributed by atoms with E-state index in [-0.39, 0.29) is 19.8 Å². The summed E-state index contributed by atoms with van der Waals surface area (Å²) in [5.41, 5.74) is 0.358. The van der Waals surface area contributed by atoms with Crippen LogP contribution in [0.2, 0.25) is 0 Å². The van der Waals surface area contributed by atoms with Crippen LogP contribution in [-0.2, 0) is 23.1 Å². The van der Waals surface area contributed by atoms with Crippen LogP contribution in [-0.4, -0.2) is 62.4 Å². The van der Waals surface area contributed by atoms with Crippen molar-refractivity contribution >= 4 is 13.8 Å². The lowest BCUT2D eigenvalue weighted by molar-refractivity contribution is -0.890. The van der Waals surface area contributed by atoms with Gasteiger partial charge in [-0.3, -0.25) is 9.05 Å². The highest BCUT2D eigenvalue weighted by molar-refractivity contribution is 7.47. The minimum Gasteiger partial charge on any atom is -0.456 e. The van der Waals surface area contributed by atoms with E-state index >= 15 is 0 Å². The average molecular weight is 310 g/mol. The maximum atomic E-state index is 11.3. The van der Waals surface area contributed by atoms with Crippen molar-refractivity contribution in [2.24, 2.45) is 0 Å². The van der Waals surface area contributed by atoms with Gasteiger partial charge in [0.2, 0.25) is 0 Å². The van der Waals surface area contributed by atoms with E-state index in [1.54, 1.807) is 13.8 Å². The molecule has 1 N–H and O–H groups in total. The molecule has 118 valence electrons. The molecule has 0 saturated heterocycles. The van der Waals surface area contributed by atoms with Gasteiger partial charge in [-0.05, 0) is 13.8 Å². The standard InChI is InChI=1S/C12H24NO6P/c1-6-18-20(15,16)19-10-8-13(4,5)7-9-17-12(14)11(2)3/h2,6-10H2,1,3-5H3/p+1. The summed E-state index contributed by atoms with van der Waals surface area (Å²) in [6, 6.07) is 0. The largest absolute Gasteiger partial charge is 0.472 e.